The lowest BCUT2D eigenvalue weighted by molar-refractivity contribution is -0.140. The van der Waals surface area contributed by atoms with Gasteiger partial charge < -0.3 is 15.3 Å². The fraction of sp³-hybridized carbons (Fsp3) is 0.562. The Morgan fingerprint density at radius 1 is 1.30 bits per heavy atom. The van der Waals surface area contributed by atoms with Crippen LogP contribution in [0.4, 0.5) is 5.69 Å². The summed E-state index contributed by atoms with van der Waals surface area (Å²) in [6.45, 7) is 6.66. The molecule has 0 aromatic heterocycles. The lowest BCUT2D eigenvalue weighted by atomic mass is 10.0. The summed E-state index contributed by atoms with van der Waals surface area (Å²) in [5.74, 6) is -0.704. The lowest BCUT2D eigenvalue weighted by Crippen LogP contribution is -2.40. The molecule has 0 radical (unpaired) electrons. The van der Waals surface area contributed by atoms with Crippen LogP contribution in [0, 0.1) is 5.92 Å². The van der Waals surface area contributed by atoms with Crippen LogP contribution in [0.15, 0.2) is 24.3 Å². The van der Waals surface area contributed by atoms with Gasteiger partial charge in [-0.3, -0.25) is 4.79 Å². The van der Waals surface area contributed by atoms with Gasteiger partial charge in [0.25, 0.3) is 0 Å². The number of para-hydroxylation sites is 1. The standard InChI is InChI=1S/C16H24N2O2/c1-12(2)15(16(19)20)17-11-13-7-3-4-8-14(13)18-9-5-6-10-18/h3-4,7-8,12,15,17H,5-6,9-11H2,1-2H3,(H,19,20). The predicted molar refractivity (Wildman–Crippen MR) is 81.0 cm³/mol. The second kappa shape index (κ2) is 6.75. The van der Waals surface area contributed by atoms with Gasteiger partial charge in [-0.1, -0.05) is 32.0 Å². The zero-order chi connectivity index (χ0) is 14.5. The smallest absolute Gasteiger partial charge is 0.320 e. The molecule has 110 valence electrons. The second-order valence-corrected chi connectivity index (χ2v) is 5.76. The number of carbonyl (C=O) groups is 1. The predicted octanol–water partition coefficient (Wildman–Crippen LogP) is 2.49. The van der Waals surface area contributed by atoms with Gasteiger partial charge in [0.05, 0.1) is 0 Å². The molecule has 2 rings (SSSR count). The quantitative estimate of drug-likeness (QED) is 0.838. The third kappa shape index (κ3) is 3.51. The van der Waals surface area contributed by atoms with Crippen molar-refractivity contribution in [3.8, 4) is 0 Å². The molecule has 0 bridgehead atoms. The van der Waals surface area contributed by atoms with Gasteiger partial charge >= 0.3 is 5.97 Å². The average molecular weight is 276 g/mol. The molecule has 1 saturated heterocycles. The number of carboxylic acid groups (broad SMARTS) is 1. The number of aliphatic carboxylic acids is 1. The fourth-order valence-corrected chi connectivity index (χ4v) is 2.75. The summed E-state index contributed by atoms with van der Waals surface area (Å²) in [5.41, 5.74) is 2.42. The van der Waals surface area contributed by atoms with E-state index in [1.807, 2.05) is 26.0 Å². The zero-order valence-electron chi connectivity index (χ0n) is 12.3. The summed E-state index contributed by atoms with van der Waals surface area (Å²) in [5, 5.41) is 12.4. The molecule has 0 amide bonds. The van der Waals surface area contributed by atoms with E-state index in [9.17, 15) is 9.90 Å². The summed E-state index contributed by atoms with van der Waals surface area (Å²) in [6.07, 6.45) is 2.48. The monoisotopic (exact) mass is 276 g/mol. The van der Waals surface area contributed by atoms with Crippen molar-refractivity contribution < 1.29 is 9.90 Å². The van der Waals surface area contributed by atoms with Gasteiger partial charge in [-0.15, -0.1) is 0 Å². The second-order valence-electron chi connectivity index (χ2n) is 5.76. The van der Waals surface area contributed by atoms with Crippen LogP contribution in [0.5, 0.6) is 0 Å². The van der Waals surface area contributed by atoms with E-state index >= 15 is 0 Å². The van der Waals surface area contributed by atoms with Gasteiger partial charge in [-0.25, -0.2) is 0 Å². The minimum atomic E-state index is -0.779. The summed E-state index contributed by atoms with van der Waals surface area (Å²) < 4.78 is 0. The molecule has 1 aliphatic rings. The van der Waals surface area contributed by atoms with Crippen LogP contribution < -0.4 is 10.2 Å². The Labute approximate surface area is 120 Å². The molecule has 1 aromatic carbocycles. The van der Waals surface area contributed by atoms with Crippen molar-refractivity contribution >= 4 is 11.7 Å². The fourth-order valence-electron chi connectivity index (χ4n) is 2.75. The van der Waals surface area contributed by atoms with Crippen molar-refractivity contribution in [1.82, 2.24) is 5.32 Å². The lowest BCUT2D eigenvalue weighted by Gasteiger charge is -2.23. The van der Waals surface area contributed by atoms with Crippen LogP contribution in [0.1, 0.15) is 32.3 Å². The highest BCUT2D eigenvalue weighted by Crippen LogP contribution is 2.24. The molecule has 1 atom stereocenters. The highest BCUT2D eigenvalue weighted by molar-refractivity contribution is 5.73. The number of anilines is 1. The maximum absolute atomic E-state index is 11.2. The number of carboxylic acids is 1. The molecule has 1 aromatic rings. The molecule has 1 heterocycles. The molecule has 1 fully saturated rings. The van der Waals surface area contributed by atoms with E-state index in [2.05, 4.69) is 22.3 Å². The summed E-state index contributed by atoms with van der Waals surface area (Å²) in [4.78, 5) is 13.6. The number of hydrogen-bond donors (Lipinski definition) is 2. The summed E-state index contributed by atoms with van der Waals surface area (Å²) >= 11 is 0. The van der Waals surface area contributed by atoms with Gasteiger partial charge in [0, 0.05) is 25.3 Å². The van der Waals surface area contributed by atoms with E-state index in [0.29, 0.717) is 6.54 Å². The Hall–Kier alpha value is -1.55. The molecule has 20 heavy (non-hydrogen) atoms. The molecule has 0 saturated carbocycles. The summed E-state index contributed by atoms with van der Waals surface area (Å²) in [7, 11) is 0. The van der Waals surface area contributed by atoms with Crippen LogP contribution in [-0.4, -0.2) is 30.2 Å². The highest BCUT2D eigenvalue weighted by atomic mass is 16.4. The highest BCUT2D eigenvalue weighted by Gasteiger charge is 2.21. The largest absolute Gasteiger partial charge is 0.480 e. The molecule has 1 aliphatic heterocycles. The normalized spacial score (nSPS) is 16.6. The van der Waals surface area contributed by atoms with Crippen molar-refractivity contribution in [1.29, 1.82) is 0 Å². The maximum Gasteiger partial charge on any atom is 0.320 e. The van der Waals surface area contributed by atoms with E-state index in [4.69, 9.17) is 0 Å². The first kappa shape index (κ1) is 14.9. The Morgan fingerprint density at radius 2 is 1.95 bits per heavy atom. The van der Waals surface area contributed by atoms with Crippen LogP contribution >= 0.6 is 0 Å². The van der Waals surface area contributed by atoms with E-state index < -0.39 is 12.0 Å². The van der Waals surface area contributed by atoms with Crippen molar-refractivity contribution in [2.75, 3.05) is 18.0 Å². The maximum atomic E-state index is 11.2. The molecular weight excluding hydrogens is 252 g/mol. The zero-order valence-corrected chi connectivity index (χ0v) is 12.3. The minimum Gasteiger partial charge on any atom is -0.480 e. The Morgan fingerprint density at radius 3 is 2.55 bits per heavy atom. The van der Waals surface area contributed by atoms with Crippen molar-refractivity contribution in [2.45, 2.75) is 39.3 Å². The molecule has 0 aliphatic carbocycles. The van der Waals surface area contributed by atoms with Crippen molar-refractivity contribution in [3.05, 3.63) is 29.8 Å². The first-order valence-electron chi connectivity index (χ1n) is 7.38. The van der Waals surface area contributed by atoms with Crippen molar-refractivity contribution in [2.24, 2.45) is 5.92 Å². The van der Waals surface area contributed by atoms with Gasteiger partial charge in [-0.05, 0) is 30.4 Å². The minimum absolute atomic E-state index is 0.0754. The van der Waals surface area contributed by atoms with E-state index in [-0.39, 0.29) is 5.92 Å². The molecule has 4 nitrogen and oxygen atoms in total. The molecule has 1 unspecified atom stereocenters. The molecule has 4 heteroatoms. The number of rotatable bonds is 6. The Kier molecular flexibility index (Phi) is 5.01. The third-order valence-corrected chi connectivity index (χ3v) is 3.88. The number of nitrogens with zero attached hydrogens (tertiary/aromatic N) is 1. The van der Waals surface area contributed by atoms with Crippen molar-refractivity contribution in [3.63, 3.8) is 0 Å². The first-order valence-corrected chi connectivity index (χ1v) is 7.38. The van der Waals surface area contributed by atoms with Crippen LogP contribution in [0.25, 0.3) is 0 Å². The Balaban J connectivity index is 2.07. The topological polar surface area (TPSA) is 52.6 Å². The number of hydrogen-bond acceptors (Lipinski definition) is 3. The van der Waals surface area contributed by atoms with E-state index in [0.717, 1.165) is 13.1 Å². The van der Waals surface area contributed by atoms with E-state index in [1.165, 1.54) is 24.1 Å². The number of benzene rings is 1. The molecule has 0 spiro atoms. The van der Waals surface area contributed by atoms with Gasteiger partial charge in [0.15, 0.2) is 0 Å². The van der Waals surface area contributed by atoms with Gasteiger partial charge in [0.2, 0.25) is 0 Å². The van der Waals surface area contributed by atoms with Crippen LogP contribution in [0.3, 0.4) is 0 Å². The number of nitrogens with one attached hydrogen (secondary N) is 1. The molecular formula is C16H24N2O2. The van der Waals surface area contributed by atoms with Crippen LogP contribution in [0.2, 0.25) is 0 Å². The van der Waals surface area contributed by atoms with Crippen LogP contribution in [-0.2, 0) is 11.3 Å². The van der Waals surface area contributed by atoms with Gasteiger partial charge in [-0.2, -0.15) is 0 Å². The van der Waals surface area contributed by atoms with Gasteiger partial charge in [0.1, 0.15) is 6.04 Å². The summed E-state index contributed by atoms with van der Waals surface area (Å²) in [6, 6.07) is 7.78. The molecule has 2 N–H and O–H groups in total. The first-order chi connectivity index (χ1) is 9.59. The van der Waals surface area contributed by atoms with E-state index in [1.54, 1.807) is 0 Å². The SMILES string of the molecule is CC(C)C(NCc1ccccc1N1CCCC1)C(=O)O. The third-order valence-electron chi connectivity index (χ3n) is 3.88. The Bertz CT molecular complexity index is 454. The average Bonchev–Trinajstić information content (AvgIpc) is 2.92.